The third-order valence-corrected chi connectivity index (χ3v) is 3.13. The van der Waals surface area contributed by atoms with Gasteiger partial charge in [-0.2, -0.15) is 0 Å². The smallest absolute Gasteiger partial charge is 0.326 e. The number of carbonyl (C=O) groups excluding carboxylic acids is 1. The zero-order valence-electron chi connectivity index (χ0n) is 10.2. The minimum atomic E-state index is -0.998. The molecule has 1 aliphatic rings. The Labute approximate surface area is 105 Å². The minimum absolute atomic E-state index is 0.319. The minimum Gasteiger partial charge on any atom is -0.480 e. The van der Waals surface area contributed by atoms with Crippen molar-refractivity contribution in [2.24, 2.45) is 0 Å². The summed E-state index contributed by atoms with van der Waals surface area (Å²) < 4.78 is 0. The molecule has 0 bridgehead atoms. The molecule has 2 amide bonds. The Hall–Kier alpha value is -2.04. The van der Waals surface area contributed by atoms with Gasteiger partial charge in [-0.1, -0.05) is 31.2 Å². The molecule has 0 radical (unpaired) electrons. The highest BCUT2D eigenvalue weighted by Gasteiger charge is 2.26. The maximum Gasteiger partial charge on any atom is 0.326 e. The number of aliphatic carboxylic acids is 1. The van der Waals surface area contributed by atoms with Gasteiger partial charge in [0.1, 0.15) is 6.04 Å². The molecule has 2 rings (SSSR count). The molecule has 5 heteroatoms. The number of carboxylic acids is 1. The van der Waals surface area contributed by atoms with E-state index >= 15 is 0 Å². The number of rotatable bonds is 3. The van der Waals surface area contributed by atoms with Gasteiger partial charge in [-0.3, -0.25) is 0 Å². The van der Waals surface area contributed by atoms with Crippen LogP contribution in [0.1, 0.15) is 24.5 Å². The van der Waals surface area contributed by atoms with Crippen molar-refractivity contribution in [1.82, 2.24) is 10.2 Å². The highest BCUT2D eigenvalue weighted by molar-refractivity contribution is 5.82. The zero-order valence-corrected chi connectivity index (χ0v) is 10.2. The van der Waals surface area contributed by atoms with Crippen molar-refractivity contribution < 1.29 is 14.7 Å². The van der Waals surface area contributed by atoms with Crippen molar-refractivity contribution >= 4 is 12.0 Å². The third kappa shape index (κ3) is 2.45. The normalized spacial score (nSPS) is 15.1. The molecule has 1 aromatic rings. The first-order chi connectivity index (χ1) is 8.61. The molecule has 5 nitrogen and oxygen atoms in total. The lowest BCUT2D eigenvalue weighted by atomic mass is 10.1. The summed E-state index contributed by atoms with van der Waals surface area (Å²) in [6, 6.07) is 6.70. The summed E-state index contributed by atoms with van der Waals surface area (Å²) in [5.74, 6) is -0.998. The van der Waals surface area contributed by atoms with Crippen LogP contribution in [0.25, 0.3) is 0 Å². The summed E-state index contributed by atoms with van der Waals surface area (Å²) in [6.07, 6.45) is 0.377. The molecular formula is C13H16N2O3. The van der Waals surface area contributed by atoms with E-state index in [2.05, 4.69) is 5.32 Å². The lowest BCUT2D eigenvalue weighted by molar-refractivity contribution is -0.139. The molecule has 0 aromatic heterocycles. The number of nitrogens with one attached hydrogen (secondary N) is 1. The number of hydrogen-bond donors (Lipinski definition) is 2. The molecule has 1 heterocycles. The summed E-state index contributed by atoms with van der Waals surface area (Å²) in [6.45, 7) is 2.81. The topological polar surface area (TPSA) is 69.6 Å². The summed E-state index contributed by atoms with van der Waals surface area (Å²) in [5, 5.41) is 11.4. The molecule has 0 fully saturated rings. The summed E-state index contributed by atoms with van der Waals surface area (Å²) in [5.41, 5.74) is 2.24. The largest absolute Gasteiger partial charge is 0.480 e. The molecule has 18 heavy (non-hydrogen) atoms. The van der Waals surface area contributed by atoms with Crippen molar-refractivity contribution in [2.45, 2.75) is 32.5 Å². The highest BCUT2D eigenvalue weighted by Crippen LogP contribution is 2.22. The van der Waals surface area contributed by atoms with Crippen LogP contribution in [-0.4, -0.2) is 28.0 Å². The van der Waals surface area contributed by atoms with Gasteiger partial charge in [0, 0.05) is 13.1 Å². The predicted molar refractivity (Wildman–Crippen MR) is 65.9 cm³/mol. The average Bonchev–Trinajstić information content (AvgIpc) is 2.79. The van der Waals surface area contributed by atoms with Crippen molar-refractivity contribution in [2.75, 3.05) is 0 Å². The van der Waals surface area contributed by atoms with Crippen LogP contribution in [0.5, 0.6) is 0 Å². The summed E-state index contributed by atoms with van der Waals surface area (Å²) in [7, 11) is 0. The van der Waals surface area contributed by atoms with Crippen LogP contribution in [-0.2, 0) is 17.9 Å². The van der Waals surface area contributed by atoms with Gasteiger partial charge in [0.15, 0.2) is 0 Å². The molecule has 0 aliphatic carbocycles. The Morgan fingerprint density at radius 2 is 1.89 bits per heavy atom. The van der Waals surface area contributed by atoms with E-state index in [9.17, 15) is 9.59 Å². The van der Waals surface area contributed by atoms with Gasteiger partial charge in [0.2, 0.25) is 0 Å². The molecule has 2 N–H and O–H groups in total. The van der Waals surface area contributed by atoms with Crippen molar-refractivity contribution in [3.05, 3.63) is 35.4 Å². The number of urea groups is 1. The Morgan fingerprint density at radius 1 is 1.33 bits per heavy atom. The van der Waals surface area contributed by atoms with Gasteiger partial charge in [-0.15, -0.1) is 0 Å². The van der Waals surface area contributed by atoms with Gasteiger partial charge in [0.25, 0.3) is 0 Å². The fourth-order valence-corrected chi connectivity index (χ4v) is 2.06. The van der Waals surface area contributed by atoms with Crippen LogP contribution >= 0.6 is 0 Å². The van der Waals surface area contributed by atoms with Crippen molar-refractivity contribution in [1.29, 1.82) is 0 Å². The van der Waals surface area contributed by atoms with Crippen LogP contribution in [0.4, 0.5) is 4.79 Å². The van der Waals surface area contributed by atoms with Crippen LogP contribution in [0.2, 0.25) is 0 Å². The van der Waals surface area contributed by atoms with E-state index in [0.717, 1.165) is 11.1 Å². The van der Waals surface area contributed by atoms with E-state index in [-0.39, 0.29) is 6.03 Å². The Morgan fingerprint density at radius 3 is 2.33 bits per heavy atom. The van der Waals surface area contributed by atoms with E-state index in [1.54, 1.807) is 11.8 Å². The molecule has 1 aromatic carbocycles. The number of amides is 2. The number of fused-ring (bicyclic) bond motifs is 1. The molecular weight excluding hydrogens is 232 g/mol. The molecule has 0 saturated heterocycles. The Balaban J connectivity index is 1.99. The first kappa shape index (κ1) is 12.4. The molecule has 0 unspecified atom stereocenters. The number of carboxylic acid groups (broad SMARTS) is 1. The summed E-state index contributed by atoms with van der Waals surface area (Å²) in [4.78, 5) is 24.4. The van der Waals surface area contributed by atoms with Gasteiger partial charge < -0.3 is 15.3 Å². The van der Waals surface area contributed by atoms with E-state index in [0.29, 0.717) is 19.5 Å². The highest BCUT2D eigenvalue weighted by atomic mass is 16.4. The maximum absolute atomic E-state index is 11.9. The number of benzene rings is 1. The predicted octanol–water partition coefficient (Wildman–Crippen LogP) is 1.58. The molecule has 96 valence electrons. The quantitative estimate of drug-likeness (QED) is 0.853. The Bertz CT molecular complexity index is 448. The number of hydrogen-bond acceptors (Lipinski definition) is 2. The van der Waals surface area contributed by atoms with Gasteiger partial charge in [-0.05, 0) is 17.5 Å². The monoisotopic (exact) mass is 248 g/mol. The summed E-state index contributed by atoms with van der Waals surface area (Å²) >= 11 is 0. The molecule has 1 aliphatic heterocycles. The van der Waals surface area contributed by atoms with E-state index in [1.807, 2.05) is 24.3 Å². The first-order valence-corrected chi connectivity index (χ1v) is 5.97. The van der Waals surface area contributed by atoms with Crippen LogP contribution in [0.3, 0.4) is 0 Å². The maximum atomic E-state index is 11.9. The van der Waals surface area contributed by atoms with Crippen LogP contribution in [0, 0.1) is 0 Å². The van der Waals surface area contributed by atoms with Crippen LogP contribution in [0.15, 0.2) is 24.3 Å². The second-order valence-corrected chi connectivity index (χ2v) is 4.37. The van der Waals surface area contributed by atoms with E-state index < -0.39 is 12.0 Å². The van der Waals surface area contributed by atoms with Gasteiger partial charge in [-0.25, -0.2) is 9.59 Å². The standard InChI is InChI=1S/C13H16N2O3/c1-2-11(12(16)17)14-13(18)15-7-9-5-3-4-6-10(9)8-15/h3-6,11H,2,7-8H2,1H3,(H,14,18)(H,16,17)/t11-/m1/s1. The SMILES string of the molecule is CC[C@@H](NC(=O)N1Cc2ccccc2C1)C(=O)O. The van der Waals surface area contributed by atoms with Gasteiger partial charge >= 0.3 is 12.0 Å². The fourth-order valence-electron chi connectivity index (χ4n) is 2.06. The van der Waals surface area contributed by atoms with Crippen LogP contribution < -0.4 is 5.32 Å². The van der Waals surface area contributed by atoms with E-state index in [1.165, 1.54) is 0 Å². The first-order valence-electron chi connectivity index (χ1n) is 5.97. The lowest BCUT2D eigenvalue weighted by Crippen LogP contribution is -2.45. The van der Waals surface area contributed by atoms with Gasteiger partial charge in [0.05, 0.1) is 0 Å². The molecule has 1 atom stereocenters. The second-order valence-electron chi connectivity index (χ2n) is 4.37. The lowest BCUT2D eigenvalue weighted by Gasteiger charge is -2.19. The number of carbonyl (C=O) groups is 2. The second kappa shape index (κ2) is 5.08. The Kier molecular flexibility index (Phi) is 3.50. The fraction of sp³-hybridized carbons (Fsp3) is 0.385. The average molecular weight is 248 g/mol. The third-order valence-electron chi connectivity index (χ3n) is 3.13. The molecule has 0 spiro atoms. The molecule has 0 saturated carbocycles. The van der Waals surface area contributed by atoms with E-state index in [4.69, 9.17) is 5.11 Å². The van der Waals surface area contributed by atoms with Crippen molar-refractivity contribution in [3.8, 4) is 0 Å². The zero-order chi connectivity index (χ0) is 13.1. The van der Waals surface area contributed by atoms with Crippen molar-refractivity contribution in [3.63, 3.8) is 0 Å². The number of nitrogens with zero attached hydrogens (tertiary/aromatic N) is 1.